The summed E-state index contributed by atoms with van der Waals surface area (Å²) in [6.45, 7) is 3.00. The summed E-state index contributed by atoms with van der Waals surface area (Å²) in [4.78, 5) is 14.4. The van der Waals surface area contributed by atoms with Crippen molar-refractivity contribution in [3.63, 3.8) is 0 Å². The number of unbranched alkanes of at least 4 members (excludes halogenated alkanes) is 1. The van der Waals surface area contributed by atoms with E-state index in [1.807, 2.05) is 0 Å². The maximum Gasteiger partial charge on any atom is 0.250 e. The molecule has 2 heterocycles. The number of nitrogens with zero attached hydrogens (tertiary/aromatic N) is 2. The second-order valence-electron chi connectivity index (χ2n) is 6.59. The molecule has 3 N–H and O–H groups in total. The Morgan fingerprint density at radius 3 is 2.96 bits per heavy atom. The molecule has 27 heavy (non-hydrogen) atoms. The van der Waals surface area contributed by atoms with Gasteiger partial charge in [-0.15, -0.1) is 0 Å². The van der Waals surface area contributed by atoms with Gasteiger partial charge >= 0.3 is 0 Å². The highest BCUT2D eigenvalue weighted by Crippen LogP contribution is 2.23. The summed E-state index contributed by atoms with van der Waals surface area (Å²) in [5, 5.41) is 18.7. The van der Waals surface area contributed by atoms with E-state index in [4.69, 9.17) is 9.84 Å². The minimum Gasteiger partial charge on any atom is -0.396 e. The number of nitrogens with one attached hydrogen (secondary N) is 2. The lowest BCUT2D eigenvalue weighted by Crippen LogP contribution is -2.49. The van der Waals surface area contributed by atoms with E-state index >= 15 is 0 Å². The summed E-state index contributed by atoms with van der Waals surface area (Å²) in [7, 11) is 0. The van der Waals surface area contributed by atoms with Gasteiger partial charge in [-0.3, -0.25) is 14.8 Å². The van der Waals surface area contributed by atoms with E-state index in [9.17, 15) is 9.18 Å². The van der Waals surface area contributed by atoms with Gasteiger partial charge in [-0.25, -0.2) is 4.39 Å². The fraction of sp³-hybridized carbons (Fsp3) is 0.474. The zero-order valence-electron chi connectivity index (χ0n) is 15.2. The fourth-order valence-corrected chi connectivity index (χ4v) is 3.11. The summed E-state index contributed by atoms with van der Waals surface area (Å²) in [6, 6.07) is 6.28. The predicted octanol–water partition coefficient (Wildman–Crippen LogP) is 1.31. The van der Waals surface area contributed by atoms with Crippen LogP contribution in [0.15, 0.2) is 30.5 Å². The molecule has 0 unspecified atom stereocenters. The van der Waals surface area contributed by atoms with Crippen LogP contribution in [0.25, 0.3) is 11.3 Å². The molecule has 146 valence electrons. The van der Waals surface area contributed by atoms with Crippen molar-refractivity contribution in [3.8, 4) is 11.3 Å². The topological polar surface area (TPSA) is 90.5 Å². The van der Waals surface area contributed by atoms with Crippen molar-refractivity contribution in [1.82, 2.24) is 20.4 Å². The number of aromatic amines is 1. The Morgan fingerprint density at radius 2 is 2.19 bits per heavy atom. The quantitative estimate of drug-likeness (QED) is 0.605. The van der Waals surface area contributed by atoms with E-state index in [1.54, 1.807) is 18.3 Å². The third kappa shape index (κ3) is 5.35. The second-order valence-corrected chi connectivity index (χ2v) is 6.59. The lowest BCUT2D eigenvalue weighted by atomic mass is 10.1. The third-order valence-corrected chi connectivity index (χ3v) is 4.57. The lowest BCUT2D eigenvalue weighted by molar-refractivity contribution is -0.138. The summed E-state index contributed by atoms with van der Waals surface area (Å²) in [5.74, 6) is -0.399. The van der Waals surface area contributed by atoms with Crippen LogP contribution in [0.3, 0.4) is 0 Å². The monoisotopic (exact) mass is 376 g/mol. The Bertz CT molecular complexity index is 735. The lowest BCUT2D eigenvalue weighted by Gasteiger charge is -2.32. The average Bonchev–Trinajstić information content (AvgIpc) is 3.14. The van der Waals surface area contributed by atoms with Gasteiger partial charge in [0.2, 0.25) is 5.91 Å². The van der Waals surface area contributed by atoms with E-state index in [0.29, 0.717) is 32.7 Å². The first-order valence-corrected chi connectivity index (χ1v) is 9.18. The first kappa shape index (κ1) is 19.5. The second kappa shape index (κ2) is 9.59. The van der Waals surface area contributed by atoms with E-state index in [-0.39, 0.29) is 18.3 Å². The number of aliphatic hydroxyl groups excluding tert-OH is 1. The van der Waals surface area contributed by atoms with Crippen molar-refractivity contribution >= 4 is 5.91 Å². The van der Waals surface area contributed by atoms with Crippen molar-refractivity contribution < 1.29 is 19.0 Å². The van der Waals surface area contributed by atoms with Crippen LogP contribution in [-0.4, -0.2) is 65.1 Å². The number of ether oxygens (including phenoxy) is 1. The Balaban J connectivity index is 1.57. The minimum atomic E-state index is -0.506. The Kier molecular flexibility index (Phi) is 6.92. The van der Waals surface area contributed by atoms with Crippen LogP contribution in [0.5, 0.6) is 0 Å². The molecule has 7 nitrogen and oxygen atoms in total. The van der Waals surface area contributed by atoms with Gasteiger partial charge < -0.3 is 15.2 Å². The molecule has 1 aromatic heterocycles. The first-order valence-electron chi connectivity index (χ1n) is 9.18. The average molecular weight is 376 g/mol. The smallest absolute Gasteiger partial charge is 0.250 e. The fourth-order valence-electron chi connectivity index (χ4n) is 3.11. The van der Waals surface area contributed by atoms with E-state index in [2.05, 4.69) is 20.4 Å². The molecule has 1 aromatic carbocycles. The van der Waals surface area contributed by atoms with E-state index in [1.165, 1.54) is 12.1 Å². The summed E-state index contributed by atoms with van der Waals surface area (Å²) in [5.41, 5.74) is 2.72. The van der Waals surface area contributed by atoms with Crippen LogP contribution < -0.4 is 5.32 Å². The number of amides is 1. The Hall–Kier alpha value is -2.29. The summed E-state index contributed by atoms with van der Waals surface area (Å²) >= 11 is 0. The highest BCUT2D eigenvalue weighted by atomic mass is 19.1. The number of halogens is 1. The summed E-state index contributed by atoms with van der Waals surface area (Å²) < 4.78 is 18.8. The standard InChI is InChI=1S/C19H25FN4O3/c20-16-5-3-14(4-6-16)18-15(11-22-23-18)12-24-8-10-27-17(13-24)19(26)21-7-1-2-9-25/h3-6,11,17,25H,1-2,7-10,12-13H2,(H,21,26)(H,22,23)/t17-/m0/s1. The summed E-state index contributed by atoms with van der Waals surface area (Å²) in [6.07, 6.45) is 2.67. The van der Waals surface area contributed by atoms with E-state index in [0.717, 1.165) is 29.8 Å². The van der Waals surface area contributed by atoms with Crippen LogP contribution >= 0.6 is 0 Å². The molecule has 1 fully saturated rings. The number of hydrogen-bond acceptors (Lipinski definition) is 5. The van der Waals surface area contributed by atoms with Gasteiger partial charge in [-0.2, -0.15) is 5.10 Å². The van der Waals surface area contributed by atoms with Crippen molar-refractivity contribution in [2.75, 3.05) is 32.8 Å². The van der Waals surface area contributed by atoms with Crippen molar-refractivity contribution in [1.29, 1.82) is 0 Å². The minimum absolute atomic E-state index is 0.122. The Labute approximate surface area is 157 Å². The third-order valence-electron chi connectivity index (χ3n) is 4.57. The van der Waals surface area contributed by atoms with Crippen molar-refractivity contribution in [3.05, 3.63) is 41.8 Å². The number of rotatable bonds is 8. The highest BCUT2D eigenvalue weighted by molar-refractivity contribution is 5.81. The molecule has 3 rings (SSSR count). The number of carbonyl (C=O) groups excluding carboxylic acids is 1. The molecule has 1 aliphatic rings. The maximum absolute atomic E-state index is 13.2. The van der Waals surface area contributed by atoms with Gasteiger partial charge in [-0.1, -0.05) is 0 Å². The van der Waals surface area contributed by atoms with Gasteiger partial charge in [-0.05, 0) is 37.1 Å². The molecular weight excluding hydrogens is 351 g/mol. The van der Waals surface area contributed by atoms with Crippen molar-refractivity contribution in [2.24, 2.45) is 0 Å². The molecule has 0 radical (unpaired) electrons. The molecule has 1 aliphatic heterocycles. The molecule has 1 amide bonds. The molecule has 1 atom stereocenters. The molecule has 0 spiro atoms. The molecule has 0 bridgehead atoms. The Morgan fingerprint density at radius 1 is 1.37 bits per heavy atom. The van der Waals surface area contributed by atoms with Crippen molar-refractivity contribution in [2.45, 2.75) is 25.5 Å². The number of hydrogen-bond donors (Lipinski definition) is 3. The zero-order valence-corrected chi connectivity index (χ0v) is 15.2. The molecular formula is C19H25FN4O3. The maximum atomic E-state index is 13.2. The number of morpholine rings is 1. The normalized spacial score (nSPS) is 17.8. The zero-order chi connectivity index (χ0) is 19.1. The SMILES string of the molecule is O=C(NCCCCO)[C@@H]1CN(Cc2cn[nH]c2-c2ccc(F)cc2)CCO1. The van der Waals surface area contributed by atoms with Crippen LogP contribution in [0.2, 0.25) is 0 Å². The number of H-pyrrole nitrogens is 1. The van der Waals surface area contributed by atoms with Gasteiger partial charge in [0.15, 0.2) is 0 Å². The highest BCUT2D eigenvalue weighted by Gasteiger charge is 2.27. The van der Waals surface area contributed by atoms with Gasteiger partial charge in [0.25, 0.3) is 0 Å². The molecule has 1 saturated heterocycles. The van der Waals surface area contributed by atoms with Gasteiger partial charge in [0.05, 0.1) is 18.5 Å². The van der Waals surface area contributed by atoms with E-state index < -0.39 is 6.10 Å². The predicted molar refractivity (Wildman–Crippen MR) is 98.3 cm³/mol. The number of benzene rings is 1. The van der Waals surface area contributed by atoms with Crippen LogP contribution in [0.1, 0.15) is 18.4 Å². The first-order chi connectivity index (χ1) is 13.2. The van der Waals surface area contributed by atoms with Gasteiger partial charge in [0, 0.05) is 43.9 Å². The molecule has 8 heteroatoms. The van der Waals surface area contributed by atoms with Gasteiger partial charge in [0.1, 0.15) is 11.9 Å². The number of aromatic nitrogens is 2. The van der Waals surface area contributed by atoms with Crippen LogP contribution in [0, 0.1) is 5.82 Å². The molecule has 0 aliphatic carbocycles. The van der Waals surface area contributed by atoms with Crippen LogP contribution in [0.4, 0.5) is 4.39 Å². The molecule has 2 aromatic rings. The largest absolute Gasteiger partial charge is 0.396 e. The number of carbonyl (C=O) groups is 1. The number of aliphatic hydroxyl groups is 1. The van der Waals surface area contributed by atoms with Crippen LogP contribution in [-0.2, 0) is 16.1 Å². The molecule has 0 saturated carbocycles.